The Morgan fingerprint density at radius 1 is 0.588 bits per heavy atom. The van der Waals surface area contributed by atoms with Crippen molar-refractivity contribution in [1.82, 2.24) is 34.5 Å². The van der Waals surface area contributed by atoms with E-state index in [0.717, 1.165) is 170 Å². The minimum atomic E-state index is -0.0549. The number of likely N-dealkylation sites (N-methyl/N-ethyl adjacent to an activating group) is 1. The number of aromatic hydroxyl groups is 1. The standard InChI is InChI=1S/C13H15N3O2.C12H16N2O.C11H14N2O.C11H15NO2.C10H12O2.C9H11NO2/c17-9-15-7-5-10(6-8-15)16-12-4-2-1-3-11(12)14-13(16)18;1-11-4-2-3-5-12(11)14-8-6-13(10-15)7-9-14;14-10-12-6-8-13(9-7-12)11-4-2-1-3-5-11;1-12(9-13)7-6-10-4-3-5-11(8-10)14-2;1-12-10-6-2-4-9(8-10)5-3-7-11;11-7-10-5-4-8-2-1-3-9(12)6-8/h1-4,9-10H,5-8H2,(H,14,18);2-5,10H,6-9H2,1H3;1-5,10H,6-9H2;3-5,8-9H,6-7H2,1-2H3;2,4,6-8H,3,5H2,1H3;1-3,6-7,12H,4-5H2,(H,10,11). The van der Waals surface area contributed by atoms with E-state index in [-0.39, 0.29) is 17.5 Å². The van der Waals surface area contributed by atoms with Gasteiger partial charge in [-0.1, -0.05) is 84.9 Å². The number of aryl methyl sites for hydroxylation is 2. The predicted molar refractivity (Wildman–Crippen MR) is 334 cm³/mol. The van der Waals surface area contributed by atoms with E-state index in [1.807, 2.05) is 111 Å². The van der Waals surface area contributed by atoms with Crippen molar-refractivity contribution in [3.8, 4) is 17.2 Å². The zero-order valence-electron chi connectivity index (χ0n) is 49.5. The second-order valence-electron chi connectivity index (χ2n) is 20.3. The number of phenolic OH excluding ortho intramolecular Hbond substituents is 1. The van der Waals surface area contributed by atoms with Crippen LogP contribution in [0.5, 0.6) is 17.2 Å². The van der Waals surface area contributed by atoms with E-state index in [1.165, 1.54) is 22.5 Å². The number of rotatable bonds is 19. The van der Waals surface area contributed by atoms with Crippen molar-refractivity contribution in [2.75, 3.05) is 110 Å². The van der Waals surface area contributed by atoms with Gasteiger partial charge in [0.25, 0.3) is 0 Å². The number of phenols is 1. The summed E-state index contributed by atoms with van der Waals surface area (Å²) in [6.07, 6.45) is 9.82. The number of imidazole rings is 1. The number of anilines is 2. The number of H-pyrrole nitrogens is 1. The Bertz CT molecular complexity index is 3130. The molecule has 3 aliphatic heterocycles. The number of nitrogens with zero attached hydrogens (tertiary/aromatic N) is 7. The molecule has 0 aliphatic carbocycles. The van der Waals surface area contributed by atoms with Crippen LogP contribution in [0.1, 0.15) is 47.6 Å². The number of hydrogen-bond acceptors (Lipinski definition) is 12. The largest absolute Gasteiger partial charge is 0.508 e. The molecule has 0 spiro atoms. The molecule has 3 N–H and O–H groups in total. The molecule has 0 saturated carbocycles. The molecule has 452 valence electrons. The van der Waals surface area contributed by atoms with Crippen molar-refractivity contribution in [3.63, 3.8) is 0 Å². The minimum absolute atomic E-state index is 0.0549. The summed E-state index contributed by atoms with van der Waals surface area (Å²) >= 11 is 0. The molecular weight excluding hydrogens is 1080 g/mol. The van der Waals surface area contributed by atoms with Gasteiger partial charge in [-0.05, 0) is 128 Å². The molecule has 7 aromatic rings. The van der Waals surface area contributed by atoms with Gasteiger partial charge in [0.2, 0.25) is 32.1 Å². The number of amides is 5. The molecule has 0 atom stereocenters. The van der Waals surface area contributed by atoms with Gasteiger partial charge >= 0.3 is 5.69 Å². The van der Waals surface area contributed by atoms with E-state index < -0.39 is 0 Å². The van der Waals surface area contributed by atoms with Crippen LogP contribution in [-0.2, 0) is 48.0 Å². The number of methoxy groups -OCH3 is 2. The van der Waals surface area contributed by atoms with Gasteiger partial charge in [-0.3, -0.25) is 28.5 Å². The van der Waals surface area contributed by atoms with Crippen molar-refractivity contribution < 1.29 is 43.3 Å². The molecule has 6 aromatic carbocycles. The van der Waals surface area contributed by atoms with Crippen molar-refractivity contribution in [2.24, 2.45) is 0 Å². The summed E-state index contributed by atoms with van der Waals surface area (Å²) < 4.78 is 12.0. The van der Waals surface area contributed by atoms with Crippen LogP contribution in [0.25, 0.3) is 11.0 Å². The number of nitrogens with one attached hydrogen (secondary N) is 2. The van der Waals surface area contributed by atoms with Crippen molar-refractivity contribution >= 4 is 60.7 Å². The minimum Gasteiger partial charge on any atom is -0.508 e. The Kier molecular flexibility index (Phi) is 29.4. The maximum absolute atomic E-state index is 12.0. The summed E-state index contributed by atoms with van der Waals surface area (Å²) in [5, 5.41) is 11.6. The highest BCUT2D eigenvalue weighted by Crippen LogP contribution is 2.25. The normalized spacial score (nSPS) is 13.6. The molecule has 19 nitrogen and oxygen atoms in total. The van der Waals surface area contributed by atoms with E-state index >= 15 is 0 Å². The van der Waals surface area contributed by atoms with Gasteiger partial charge in [0.05, 0.1) is 25.3 Å². The Morgan fingerprint density at radius 2 is 1.12 bits per heavy atom. The molecule has 3 aliphatic rings. The van der Waals surface area contributed by atoms with E-state index in [1.54, 1.807) is 49.3 Å². The van der Waals surface area contributed by atoms with E-state index in [9.17, 15) is 33.6 Å². The van der Waals surface area contributed by atoms with Gasteiger partial charge in [0.1, 0.15) is 23.5 Å². The van der Waals surface area contributed by atoms with Crippen LogP contribution in [0.2, 0.25) is 0 Å². The molecule has 3 saturated heterocycles. The Morgan fingerprint density at radius 3 is 1.67 bits per heavy atom. The maximum atomic E-state index is 12.0. The average Bonchev–Trinajstić information content (AvgIpc) is 4.04. The topological polar surface area (TPSA) is 210 Å². The molecule has 0 unspecified atom stereocenters. The second-order valence-corrected chi connectivity index (χ2v) is 20.3. The molecule has 0 bridgehead atoms. The molecule has 85 heavy (non-hydrogen) atoms. The molecule has 0 radical (unpaired) electrons. The number of fused-ring (bicyclic) bond motifs is 1. The lowest BCUT2D eigenvalue weighted by molar-refractivity contribution is -0.119. The van der Waals surface area contributed by atoms with Crippen LogP contribution in [-0.4, -0.2) is 172 Å². The summed E-state index contributed by atoms with van der Waals surface area (Å²) in [7, 11) is 5.06. The van der Waals surface area contributed by atoms with Gasteiger partial charge < -0.3 is 59.1 Å². The number of piperazine rings is 2. The number of benzene rings is 6. The number of ether oxygens (including phenoxy) is 2. The van der Waals surface area contributed by atoms with Crippen LogP contribution >= 0.6 is 0 Å². The lowest BCUT2D eigenvalue weighted by atomic mass is 10.1. The fraction of sp³-hybridized carbons (Fsp3) is 0.348. The van der Waals surface area contributed by atoms with Gasteiger partial charge in [-0.2, -0.15) is 0 Å². The molecule has 1 aromatic heterocycles. The lowest BCUT2D eigenvalue weighted by Gasteiger charge is -2.34. The third kappa shape index (κ3) is 23.1. The number of hydrogen-bond donors (Lipinski definition) is 3. The fourth-order valence-electron chi connectivity index (χ4n) is 9.62. The summed E-state index contributed by atoms with van der Waals surface area (Å²) in [6.45, 7) is 12.0. The van der Waals surface area contributed by atoms with Crippen LogP contribution in [0.15, 0.2) is 156 Å². The molecule has 4 heterocycles. The van der Waals surface area contributed by atoms with E-state index in [2.05, 4.69) is 63.4 Å². The number of aromatic amines is 1. The number of piperidine rings is 1. The average molecular weight is 1160 g/mol. The zero-order valence-corrected chi connectivity index (χ0v) is 49.5. The number of para-hydroxylation sites is 4. The lowest BCUT2D eigenvalue weighted by Crippen LogP contribution is -2.45. The quantitative estimate of drug-likeness (QED) is 0.0543. The first-order chi connectivity index (χ1) is 41.4. The number of aldehydes is 1. The first kappa shape index (κ1) is 66.4. The molecule has 3 fully saturated rings. The summed E-state index contributed by atoms with van der Waals surface area (Å²) in [5.41, 5.74) is 8.95. The van der Waals surface area contributed by atoms with Gasteiger partial charge in [-0.25, -0.2) is 4.79 Å². The Hall–Kier alpha value is -9.39. The Labute approximate surface area is 499 Å². The van der Waals surface area contributed by atoms with Gasteiger partial charge in [-0.15, -0.1) is 0 Å². The Balaban J connectivity index is 0.000000188. The second kappa shape index (κ2) is 37.7. The highest BCUT2D eigenvalue weighted by molar-refractivity contribution is 5.75. The number of carbonyl (C=O) groups excluding carboxylic acids is 6. The summed E-state index contributed by atoms with van der Waals surface area (Å²) in [6, 6.07) is 49.3. The van der Waals surface area contributed by atoms with Crippen molar-refractivity contribution in [2.45, 2.75) is 51.5 Å². The summed E-state index contributed by atoms with van der Waals surface area (Å²) in [5.74, 6) is 1.97. The zero-order chi connectivity index (χ0) is 61.0. The van der Waals surface area contributed by atoms with Gasteiger partial charge in [0, 0.05) is 109 Å². The number of carbonyl (C=O) groups is 6. The third-order valence-corrected chi connectivity index (χ3v) is 14.4. The first-order valence-electron chi connectivity index (χ1n) is 28.6. The third-order valence-electron chi connectivity index (χ3n) is 14.4. The van der Waals surface area contributed by atoms with Gasteiger partial charge in [0.15, 0.2) is 0 Å². The number of aromatic nitrogens is 2. The first-order valence-corrected chi connectivity index (χ1v) is 28.6. The highest BCUT2D eigenvalue weighted by Gasteiger charge is 2.23. The maximum Gasteiger partial charge on any atom is 0.326 e. The summed E-state index contributed by atoms with van der Waals surface area (Å²) in [4.78, 5) is 88.7. The number of likely N-dealkylation sites (tertiary alicyclic amines) is 1. The SMILES string of the molecule is COc1cccc(CCC=O)c1.COc1cccc(CCN(C)C=O)c1.Cc1ccccc1N1CCN(C=O)CC1.O=CN1CCC(n2c(=O)[nH]c3ccccc32)CC1.O=CN1CCN(c2ccccc2)CC1.O=CNCCc1cccc(O)c1. The molecule has 19 heteroatoms. The van der Waals surface area contributed by atoms with Crippen LogP contribution in [0, 0.1) is 6.92 Å². The molecular formula is C66H83N9O10. The fourth-order valence-corrected chi connectivity index (χ4v) is 9.62. The van der Waals surface area contributed by atoms with Crippen LogP contribution in [0.3, 0.4) is 0 Å². The smallest absolute Gasteiger partial charge is 0.326 e. The monoisotopic (exact) mass is 1160 g/mol. The van der Waals surface area contributed by atoms with Crippen LogP contribution < -0.4 is 30.3 Å². The van der Waals surface area contributed by atoms with E-state index in [0.29, 0.717) is 19.4 Å². The van der Waals surface area contributed by atoms with E-state index in [4.69, 9.17) is 14.6 Å². The van der Waals surface area contributed by atoms with Crippen LogP contribution in [0.4, 0.5) is 11.4 Å². The predicted octanol–water partition coefficient (Wildman–Crippen LogP) is 7.19. The molecule has 5 amide bonds. The molecule has 10 rings (SSSR count). The van der Waals surface area contributed by atoms with Crippen molar-refractivity contribution in [1.29, 1.82) is 0 Å². The highest BCUT2D eigenvalue weighted by atomic mass is 16.5. The van der Waals surface area contributed by atoms with Crippen molar-refractivity contribution in [3.05, 3.63) is 184 Å².